The van der Waals surface area contributed by atoms with Crippen molar-refractivity contribution < 1.29 is 4.79 Å². The van der Waals surface area contributed by atoms with Crippen LogP contribution in [0.4, 0.5) is 11.4 Å². The summed E-state index contributed by atoms with van der Waals surface area (Å²) in [7, 11) is 1.98. The van der Waals surface area contributed by atoms with Crippen molar-refractivity contribution in [3.63, 3.8) is 0 Å². The van der Waals surface area contributed by atoms with Crippen molar-refractivity contribution in [2.45, 2.75) is 6.42 Å². The molecule has 0 bridgehead atoms. The highest BCUT2D eigenvalue weighted by Gasteiger charge is 2.10. The van der Waals surface area contributed by atoms with Crippen LogP contribution in [0.3, 0.4) is 0 Å². The summed E-state index contributed by atoms with van der Waals surface area (Å²) in [6.07, 6.45) is 0.458. The van der Waals surface area contributed by atoms with Crippen LogP contribution >= 0.6 is 0 Å². The van der Waals surface area contributed by atoms with Crippen molar-refractivity contribution >= 4 is 17.2 Å². The predicted octanol–water partition coefficient (Wildman–Crippen LogP) is 2.98. The third-order valence-electron chi connectivity index (χ3n) is 3.13. The number of nitrogen functional groups attached to an aromatic ring is 1. The Bertz CT molecular complexity index is 552. The monoisotopic (exact) mass is 254 g/mol. The van der Waals surface area contributed by atoms with E-state index >= 15 is 0 Å². The first-order valence-corrected chi connectivity index (χ1v) is 6.32. The summed E-state index contributed by atoms with van der Waals surface area (Å²) < 4.78 is 0. The molecule has 0 aromatic heterocycles. The Morgan fingerprint density at radius 3 is 2.37 bits per heavy atom. The van der Waals surface area contributed by atoms with E-state index in [0.29, 0.717) is 24.2 Å². The number of benzene rings is 2. The van der Waals surface area contributed by atoms with E-state index in [9.17, 15) is 4.79 Å². The standard InChI is InChI=1S/C16H18N2O/c1-18(13-7-3-2-4-8-13)12-11-16(19)14-9-5-6-10-15(14)17/h2-10H,11-12,17H2,1H3. The van der Waals surface area contributed by atoms with Crippen LogP contribution in [0.25, 0.3) is 0 Å². The average molecular weight is 254 g/mol. The molecule has 98 valence electrons. The minimum Gasteiger partial charge on any atom is -0.398 e. The van der Waals surface area contributed by atoms with Crippen molar-refractivity contribution in [3.8, 4) is 0 Å². The number of nitrogens with zero attached hydrogens (tertiary/aromatic N) is 1. The Morgan fingerprint density at radius 2 is 1.68 bits per heavy atom. The van der Waals surface area contributed by atoms with Gasteiger partial charge in [0.25, 0.3) is 0 Å². The Hall–Kier alpha value is -2.29. The summed E-state index contributed by atoms with van der Waals surface area (Å²) in [5.74, 6) is 0.0841. The van der Waals surface area contributed by atoms with Crippen molar-refractivity contribution in [2.24, 2.45) is 0 Å². The number of anilines is 2. The Balaban J connectivity index is 1.96. The molecule has 2 aromatic rings. The Morgan fingerprint density at radius 1 is 1.05 bits per heavy atom. The fourth-order valence-corrected chi connectivity index (χ4v) is 1.97. The average Bonchev–Trinajstić information content (AvgIpc) is 2.46. The van der Waals surface area contributed by atoms with Crippen LogP contribution in [0.1, 0.15) is 16.8 Å². The smallest absolute Gasteiger partial charge is 0.166 e. The second kappa shape index (κ2) is 6.05. The number of rotatable bonds is 5. The van der Waals surface area contributed by atoms with E-state index in [-0.39, 0.29) is 5.78 Å². The van der Waals surface area contributed by atoms with Crippen LogP contribution in [0.2, 0.25) is 0 Å². The number of hydrogen-bond donors (Lipinski definition) is 1. The van der Waals surface area contributed by atoms with Gasteiger partial charge in [-0.25, -0.2) is 0 Å². The van der Waals surface area contributed by atoms with Crippen LogP contribution in [0.5, 0.6) is 0 Å². The van der Waals surface area contributed by atoms with Crippen molar-refractivity contribution in [3.05, 3.63) is 60.2 Å². The molecule has 0 aliphatic carbocycles. The molecule has 0 saturated heterocycles. The number of Topliss-reactive ketones (excluding diaryl/α,β-unsaturated/α-hetero) is 1. The highest BCUT2D eigenvalue weighted by atomic mass is 16.1. The van der Waals surface area contributed by atoms with Crippen LogP contribution in [-0.2, 0) is 0 Å². The van der Waals surface area contributed by atoms with Crippen molar-refractivity contribution in [1.29, 1.82) is 0 Å². The first kappa shape index (κ1) is 13.1. The van der Waals surface area contributed by atoms with E-state index < -0.39 is 0 Å². The number of para-hydroxylation sites is 2. The van der Waals surface area contributed by atoms with E-state index in [1.165, 1.54) is 0 Å². The summed E-state index contributed by atoms with van der Waals surface area (Å²) in [4.78, 5) is 14.2. The van der Waals surface area contributed by atoms with E-state index in [4.69, 9.17) is 5.73 Å². The van der Waals surface area contributed by atoms with Crippen LogP contribution in [0, 0.1) is 0 Å². The first-order valence-electron chi connectivity index (χ1n) is 6.32. The molecule has 0 spiro atoms. The molecular formula is C16H18N2O. The number of nitrogens with two attached hydrogens (primary N) is 1. The van der Waals surface area contributed by atoms with Crippen molar-refractivity contribution in [2.75, 3.05) is 24.2 Å². The topological polar surface area (TPSA) is 46.3 Å². The van der Waals surface area contributed by atoms with Gasteiger partial charge in [-0.15, -0.1) is 0 Å². The predicted molar refractivity (Wildman–Crippen MR) is 79.5 cm³/mol. The third kappa shape index (κ3) is 3.35. The summed E-state index contributed by atoms with van der Waals surface area (Å²) in [5.41, 5.74) is 8.08. The normalized spacial score (nSPS) is 10.2. The van der Waals surface area contributed by atoms with Gasteiger partial charge >= 0.3 is 0 Å². The maximum absolute atomic E-state index is 12.1. The van der Waals surface area contributed by atoms with Gasteiger partial charge in [-0.3, -0.25) is 4.79 Å². The number of ketones is 1. The Labute approximate surface area is 113 Å². The van der Waals surface area contributed by atoms with E-state index in [1.807, 2.05) is 49.5 Å². The molecule has 3 heteroatoms. The summed E-state index contributed by atoms with van der Waals surface area (Å²) in [5, 5.41) is 0. The van der Waals surface area contributed by atoms with Gasteiger partial charge in [0, 0.05) is 37.0 Å². The van der Waals surface area contributed by atoms with Crippen LogP contribution in [0.15, 0.2) is 54.6 Å². The molecule has 0 aliphatic rings. The largest absolute Gasteiger partial charge is 0.398 e. The van der Waals surface area contributed by atoms with Gasteiger partial charge < -0.3 is 10.6 Å². The molecule has 0 radical (unpaired) electrons. The lowest BCUT2D eigenvalue weighted by Crippen LogP contribution is -2.21. The number of hydrogen-bond acceptors (Lipinski definition) is 3. The highest BCUT2D eigenvalue weighted by molar-refractivity contribution is 6.00. The van der Waals surface area contributed by atoms with E-state index in [2.05, 4.69) is 4.90 Å². The fraction of sp³-hybridized carbons (Fsp3) is 0.188. The van der Waals surface area contributed by atoms with Gasteiger partial charge in [-0.2, -0.15) is 0 Å². The molecule has 0 unspecified atom stereocenters. The van der Waals surface area contributed by atoms with E-state index in [0.717, 1.165) is 5.69 Å². The van der Waals surface area contributed by atoms with Crippen LogP contribution < -0.4 is 10.6 Å². The molecule has 2 aromatic carbocycles. The Kier molecular flexibility index (Phi) is 4.18. The zero-order valence-electron chi connectivity index (χ0n) is 11.0. The summed E-state index contributed by atoms with van der Waals surface area (Å²) in [6, 6.07) is 17.2. The number of carbonyl (C=O) groups excluding carboxylic acids is 1. The van der Waals surface area contributed by atoms with Gasteiger partial charge in [-0.05, 0) is 24.3 Å². The minimum atomic E-state index is 0.0841. The summed E-state index contributed by atoms with van der Waals surface area (Å²) >= 11 is 0. The van der Waals surface area contributed by atoms with Gasteiger partial charge in [0.1, 0.15) is 0 Å². The lowest BCUT2D eigenvalue weighted by atomic mass is 10.1. The van der Waals surface area contributed by atoms with Gasteiger partial charge in [-0.1, -0.05) is 30.3 Å². The second-order valence-corrected chi connectivity index (χ2v) is 4.52. The molecule has 0 amide bonds. The fourth-order valence-electron chi connectivity index (χ4n) is 1.97. The molecule has 0 fully saturated rings. The third-order valence-corrected chi connectivity index (χ3v) is 3.13. The molecule has 19 heavy (non-hydrogen) atoms. The zero-order chi connectivity index (χ0) is 13.7. The van der Waals surface area contributed by atoms with E-state index in [1.54, 1.807) is 12.1 Å². The number of carbonyl (C=O) groups is 1. The molecule has 3 nitrogen and oxygen atoms in total. The lowest BCUT2D eigenvalue weighted by molar-refractivity contribution is 0.0986. The molecule has 0 heterocycles. The lowest BCUT2D eigenvalue weighted by Gasteiger charge is -2.18. The molecule has 0 saturated carbocycles. The second-order valence-electron chi connectivity index (χ2n) is 4.52. The first-order chi connectivity index (χ1) is 9.18. The van der Waals surface area contributed by atoms with Crippen molar-refractivity contribution in [1.82, 2.24) is 0 Å². The molecule has 0 atom stereocenters. The van der Waals surface area contributed by atoms with Gasteiger partial charge in [0.15, 0.2) is 5.78 Å². The maximum Gasteiger partial charge on any atom is 0.166 e. The SMILES string of the molecule is CN(CCC(=O)c1ccccc1N)c1ccccc1. The highest BCUT2D eigenvalue weighted by Crippen LogP contribution is 2.15. The molecule has 2 rings (SSSR count). The minimum absolute atomic E-state index is 0.0841. The maximum atomic E-state index is 12.1. The molecule has 2 N–H and O–H groups in total. The van der Waals surface area contributed by atoms with Crippen LogP contribution in [-0.4, -0.2) is 19.4 Å². The quantitative estimate of drug-likeness (QED) is 0.659. The summed E-state index contributed by atoms with van der Waals surface area (Å²) in [6.45, 7) is 0.678. The van der Waals surface area contributed by atoms with Gasteiger partial charge in [0.2, 0.25) is 0 Å². The molecular weight excluding hydrogens is 236 g/mol. The molecule has 0 aliphatic heterocycles. The zero-order valence-corrected chi connectivity index (χ0v) is 11.0. The van der Waals surface area contributed by atoms with Gasteiger partial charge in [0.05, 0.1) is 0 Å².